The molecule has 1 aliphatic heterocycles. The molecule has 1 aromatic rings. The number of nitrogens with zero attached hydrogens (tertiary/aromatic N) is 4. The van der Waals surface area contributed by atoms with Crippen molar-refractivity contribution in [3.8, 4) is 0 Å². The topological polar surface area (TPSA) is 96.2 Å². The first kappa shape index (κ1) is 36.3. The lowest BCUT2D eigenvalue weighted by Gasteiger charge is -2.44. The average molecular weight is 658 g/mol. The summed E-state index contributed by atoms with van der Waals surface area (Å²) in [6.45, 7) is 9.69. The molecule has 0 radical (unpaired) electrons. The van der Waals surface area contributed by atoms with Crippen LogP contribution < -0.4 is 0 Å². The minimum Gasteiger partial charge on any atom is -0.375 e. The van der Waals surface area contributed by atoms with Crippen molar-refractivity contribution >= 4 is 39.1 Å². The highest BCUT2D eigenvalue weighted by molar-refractivity contribution is 9.09. The molecule has 0 aliphatic carbocycles. The quantitative estimate of drug-likeness (QED) is 0.0765. The van der Waals surface area contributed by atoms with E-state index in [9.17, 15) is 28.5 Å². The molecule has 230 valence electrons. The second kappa shape index (κ2) is 17.3. The number of halogens is 4. The fraction of sp³-hybridized carbons (Fsp3) is 0.379. The Morgan fingerprint density at radius 3 is 2.31 bits per heavy atom. The molecule has 1 aromatic carbocycles. The summed E-state index contributed by atoms with van der Waals surface area (Å²) in [6, 6.07) is 4.58. The van der Waals surface area contributed by atoms with Gasteiger partial charge >= 0.3 is 6.03 Å². The molecule has 1 atom stereocenters. The Morgan fingerprint density at radius 1 is 1.21 bits per heavy atom. The number of carbonyl (C=O) groups excluding carboxylic acids is 2. The third kappa shape index (κ3) is 8.65. The summed E-state index contributed by atoms with van der Waals surface area (Å²) >= 11 is 3.35. The highest BCUT2D eigenvalue weighted by Crippen LogP contribution is 2.34. The van der Waals surface area contributed by atoms with Crippen LogP contribution in [-0.2, 0) is 9.53 Å². The van der Waals surface area contributed by atoms with E-state index in [1.807, 2.05) is 13.8 Å². The van der Waals surface area contributed by atoms with E-state index in [4.69, 9.17) is 4.74 Å². The Hall–Kier alpha value is -3.71. The number of alkyl halides is 2. The number of methoxy groups -OCH3 is 1. The Kier molecular flexibility index (Phi) is 15.0. The van der Waals surface area contributed by atoms with E-state index < -0.39 is 41.3 Å². The Labute approximate surface area is 252 Å². The molecule has 0 N–H and O–H groups in total. The number of non-ortho nitro benzene ring substituents is 1. The molecule has 1 saturated heterocycles. The third-order valence-corrected chi connectivity index (χ3v) is 6.73. The van der Waals surface area contributed by atoms with Crippen molar-refractivity contribution in [3.05, 3.63) is 93.4 Å². The van der Waals surface area contributed by atoms with E-state index in [1.165, 1.54) is 63.4 Å². The van der Waals surface area contributed by atoms with Crippen molar-refractivity contribution in [1.29, 1.82) is 0 Å². The first-order valence-electron chi connectivity index (χ1n) is 13.0. The smallest absolute Gasteiger partial charge is 0.350 e. The van der Waals surface area contributed by atoms with Gasteiger partial charge in [-0.25, -0.2) is 27.9 Å². The lowest BCUT2D eigenvalue weighted by molar-refractivity contribution is -0.384. The summed E-state index contributed by atoms with van der Waals surface area (Å²) < 4.78 is 46.8. The number of nitro groups is 1. The summed E-state index contributed by atoms with van der Waals surface area (Å²) in [5, 5.41) is 13.4. The zero-order valence-electron chi connectivity index (χ0n) is 24.5. The Morgan fingerprint density at radius 2 is 1.81 bits per heavy atom. The molecule has 0 bridgehead atoms. The van der Waals surface area contributed by atoms with Crippen LogP contribution in [0.1, 0.15) is 39.7 Å². The summed E-state index contributed by atoms with van der Waals surface area (Å²) in [7, 11) is 2.69. The number of hydrazine groups is 1. The number of benzene rings is 1. The normalized spacial score (nSPS) is 16.7. The summed E-state index contributed by atoms with van der Waals surface area (Å²) in [5.41, 5.74) is 0.572. The molecule has 0 spiro atoms. The molecule has 42 heavy (non-hydrogen) atoms. The maximum Gasteiger partial charge on any atom is 0.350 e. The summed E-state index contributed by atoms with van der Waals surface area (Å²) in [5.74, 6) is -2.37. The molecule has 13 heteroatoms. The van der Waals surface area contributed by atoms with Crippen molar-refractivity contribution < 1.29 is 32.4 Å². The minimum absolute atomic E-state index is 0.0567. The minimum atomic E-state index is -1.06. The molecule has 2 rings (SSSR count). The number of likely N-dealkylation sites (N-methyl/N-ethyl adjacent to an activating group) is 1. The van der Waals surface area contributed by atoms with Crippen LogP contribution in [0.25, 0.3) is 5.57 Å². The lowest BCUT2D eigenvalue weighted by atomic mass is 9.97. The number of amides is 3. The van der Waals surface area contributed by atoms with Gasteiger partial charge in [0.25, 0.3) is 11.6 Å². The van der Waals surface area contributed by atoms with E-state index in [0.717, 1.165) is 17.2 Å². The Balaban J connectivity index is 0.00000431. The standard InChI is InChI=1S/C27H30BrF3N4O5.C2H6/c1-17(20-9-11-22(12-10-20)35(38)39)23(16-28)25-26(36)34(18(2)24(31)19(3)40-5)27(37)33(32(25)4)15-13-21(30)8-6-7-14-29;1-2/h6-12,19H,1,13-16H2,2-5H3;1-2H3/b7-6-,21-8+,24-18-,25-23-;. The maximum atomic E-state index is 15.1. The number of nitro benzene ring substituents is 1. The van der Waals surface area contributed by atoms with E-state index in [1.54, 1.807) is 0 Å². The molecule has 3 amide bonds. The largest absolute Gasteiger partial charge is 0.375 e. The monoisotopic (exact) mass is 656 g/mol. The first-order valence-corrected chi connectivity index (χ1v) is 14.1. The van der Waals surface area contributed by atoms with Gasteiger partial charge in [0.15, 0.2) is 0 Å². The van der Waals surface area contributed by atoms with E-state index in [-0.39, 0.29) is 35.4 Å². The summed E-state index contributed by atoms with van der Waals surface area (Å²) in [6.07, 6.45) is 2.02. The van der Waals surface area contributed by atoms with Gasteiger partial charge in [-0.2, -0.15) is 0 Å². The molecular weight excluding hydrogens is 621 g/mol. The van der Waals surface area contributed by atoms with Crippen molar-refractivity contribution in [2.45, 2.75) is 40.2 Å². The van der Waals surface area contributed by atoms with E-state index >= 15 is 4.39 Å². The van der Waals surface area contributed by atoms with Crippen LogP contribution in [0.15, 0.2) is 77.7 Å². The molecule has 1 fully saturated rings. The average Bonchev–Trinajstić information content (AvgIpc) is 2.99. The predicted octanol–water partition coefficient (Wildman–Crippen LogP) is 7.40. The number of hydrogen-bond donors (Lipinski definition) is 0. The second-order valence-corrected chi connectivity index (χ2v) is 9.13. The molecule has 9 nitrogen and oxygen atoms in total. The van der Waals surface area contributed by atoms with Gasteiger partial charge in [-0.15, -0.1) is 0 Å². The van der Waals surface area contributed by atoms with Crippen molar-refractivity contribution in [2.75, 3.05) is 32.7 Å². The SMILES string of the molecule is C=C(/C(CBr)=C1/C(=O)N(/C(C)=C(\F)C(C)OC)C(=O)N(CC/C(F)=C\C=C/CF)N1C)c1ccc([N+](=O)[O-])cc1.CC. The molecular formula is C29H36BrF3N4O5. The van der Waals surface area contributed by atoms with Crippen LogP contribution >= 0.6 is 15.9 Å². The predicted molar refractivity (Wildman–Crippen MR) is 160 cm³/mol. The van der Waals surface area contributed by atoms with Crippen molar-refractivity contribution in [3.63, 3.8) is 0 Å². The number of ether oxygens (including phenoxy) is 1. The molecule has 1 unspecified atom stereocenters. The fourth-order valence-electron chi connectivity index (χ4n) is 3.83. The lowest BCUT2D eigenvalue weighted by Crippen LogP contribution is -2.60. The number of carbonyl (C=O) groups is 2. The number of imide groups is 1. The van der Waals surface area contributed by atoms with Gasteiger partial charge in [0.2, 0.25) is 0 Å². The van der Waals surface area contributed by atoms with Gasteiger partial charge in [-0.3, -0.25) is 19.9 Å². The zero-order valence-corrected chi connectivity index (χ0v) is 26.1. The van der Waals surface area contributed by atoms with Gasteiger partial charge in [0, 0.05) is 43.6 Å². The van der Waals surface area contributed by atoms with Crippen LogP contribution in [0.2, 0.25) is 0 Å². The van der Waals surface area contributed by atoms with E-state index in [0.29, 0.717) is 21.6 Å². The van der Waals surface area contributed by atoms with Crippen molar-refractivity contribution in [2.24, 2.45) is 0 Å². The van der Waals surface area contributed by atoms with Crippen LogP contribution in [0, 0.1) is 10.1 Å². The first-order chi connectivity index (χ1) is 19.9. The van der Waals surface area contributed by atoms with Gasteiger partial charge in [0.05, 0.1) is 17.2 Å². The van der Waals surface area contributed by atoms with Crippen LogP contribution in [0.4, 0.5) is 23.7 Å². The second-order valence-electron chi connectivity index (χ2n) is 8.57. The van der Waals surface area contributed by atoms with E-state index in [2.05, 4.69) is 22.5 Å². The van der Waals surface area contributed by atoms with Gasteiger partial charge in [0.1, 0.15) is 30.1 Å². The highest BCUT2D eigenvalue weighted by Gasteiger charge is 2.43. The summed E-state index contributed by atoms with van der Waals surface area (Å²) in [4.78, 5) is 38.4. The highest BCUT2D eigenvalue weighted by atomic mass is 79.9. The number of allylic oxidation sites excluding steroid dienone is 6. The zero-order chi connectivity index (χ0) is 32.1. The van der Waals surface area contributed by atoms with Gasteiger partial charge in [-0.05, 0) is 43.2 Å². The molecule has 1 aliphatic rings. The third-order valence-electron chi connectivity index (χ3n) is 6.17. The number of rotatable bonds is 12. The van der Waals surface area contributed by atoms with Crippen LogP contribution in [0.3, 0.4) is 0 Å². The Bertz CT molecular complexity index is 1280. The molecule has 1 heterocycles. The van der Waals surface area contributed by atoms with Crippen LogP contribution in [0.5, 0.6) is 0 Å². The fourth-order valence-corrected chi connectivity index (χ4v) is 4.44. The number of hydrogen-bond acceptors (Lipinski definition) is 6. The molecule has 0 saturated carbocycles. The van der Waals surface area contributed by atoms with Gasteiger partial charge in [-0.1, -0.05) is 48.5 Å². The van der Waals surface area contributed by atoms with Gasteiger partial charge < -0.3 is 4.74 Å². The maximum absolute atomic E-state index is 15.1. The molecule has 0 aromatic heterocycles. The van der Waals surface area contributed by atoms with Crippen molar-refractivity contribution in [1.82, 2.24) is 14.9 Å². The number of urea groups is 1. The van der Waals surface area contributed by atoms with Crippen LogP contribution in [-0.4, -0.2) is 70.6 Å².